The van der Waals surface area contributed by atoms with Gasteiger partial charge in [0.1, 0.15) is 11.9 Å². The average molecular weight is 339 g/mol. The van der Waals surface area contributed by atoms with Crippen molar-refractivity contribution in [2.75, 3.05) is 18.4 Å². The van der Waals surface area contributed by atoms with E-state index in [1.165, 1.54) is 4.88 Å². The van der Waals surface area contributed by atoms with Crippen molar-refractivity contribution in [2.45, 2.75) is 12.6 Å². The van der Waals surface area contributed by atoms with Gasteiger partial charge in [-0.15, -0.1) is 11.3 Å². The lowest BCUT2D eigenvalue weighted by molar-refractivity contribution is 0.202. The Morgan fingerprint density at radius 1 is 1.42 bits per heavy atom. The van der Waals surface area contributed by atoms with Crippen molar-refractivity contribution >= 4 is 33.0 Å². The van der Waals surface area contributed by atoms with Crippen LogP contribution in [-0.4, -0.2) is 19.2 Å². The zero-order valence-electron chi connectivity index (χ0n) is 10.4. The van der Waals surface area contributed by atoms with Crippen LogP contribution in [-0.2, 0) is 6.54 Å². The summed E-state index contributed by atoms with van der Waals surface area (Å²) in [5.74, 6) is 0.944. The molecule has 1 aliphatic heterocycles. The number of hydrogen-bond donors (Lipinski definition) is 2. The fourth-order valence-corrected chi connectivity index (χ4v) is 3.50. The molecule has 0 aliphatic carbocycles. The molecule has 2 aromatic rings. The average Bonchev–Trinajstić information content (AvgIpc) is 2.84. The van der Waals surface area contributed by atoms with Crippen molar-refractivity contribution < 1.29 is 4.74 Å². The van der Waals surface area contributed by atoms with Crippen molar-refractivity contribution in [3.63, 3.8) is 0 Å². The normalized spacial score (nSPS) is 17.4. The van der Waals surface area contributed by atoms with Crippen molar-refractivity contribution in [1.29, 1.82) is 0 Å². The number of halogens is 1. The first-order valence-electron chi connectivity index (χ1n) is 6.24. The zero-order valence-corrected chi connectivity index (χ0v) is 12.8. The van der Waals surface area contributed by atoms with E-state index in [0.29, 0.717) is 0 Å². The molecule has 1 unspecified atom stereocenters. The molecule has 19 heavy (non-hydrogen) atoms. The first-order chi connectivity index (χ1) is 9.31. The summed E-state index contributed by atoms with van der Waals surface area (Å²) >= 11 is 5.23. The standard InChI is InChI=1S/C14H15BrN2OS/c15-10-5-12(19-9-10)8-16-6-11-7-17-13-3-1-2-4-14(13)18-11/h1-5,9,11,16-17H,6-8H2. The van der Waals surface area contributed by atoms with Crippen LogP contribution in [0.1, 0.15) is 4.88 Å². The third-order valence-corrected chi connectivity index (χ3v) is 4.69. The second-order valence-electron chi connectivity index (χ2n) is 4.48. The Hall–Kier alpha value is -1.04. The van der Waals surface area contributed by atoms with Gasteiger partial charge in [0.25, 0.3) is 0 Å². The van der Waals surface area contributed by atoms with Crippen LogP contribution >= 0.6 is 27.3 Å². The largest absolute Gasteiger partial charge is 0.485 e. The van der Waals surface area contributed by atoms with Crippen LogP contribution in [0.15, 0.2) is 40.2 Å². The summed E-state index contributed by atoms with van der Waals surface area (Å²) in [5, 5.41) is 8.94. The van der Waals surface area contributed by atoms with Crippen molar-refractivity contribution in [3.8, 4) is 5.75 Å². The lowest BCUT2D eigenvalue weighted by Crippen LogP contribution is -2.39. The number of thiophene rings is 1. The SMILES string of the molecule is Brc1csc(CNCC2CNc3ccccc3O2)c1. The fourth-order valence-electron chi connectivity index (χ4n) is 2.08. The number of fused-ring (bicyclic) bond motifs is 1. The van der Waals surface area contributed by atoms with Gasteiger partial charge in [0, 0.05) is 27.8 Å². The van der Waals surface area contributed by atoms with Gasteiger partial charge in [-0.25, -0.2) is 0 Å². The number of rotatable bonds is 4. The highest BCUT2D eigenvalue weighted by atomic mass is 79.9. The van der Waals surface area contributed by atoms with Gasteiger partial charge in [-0.3, -0.25) is 0 Å². The van der Waals surface area contributed by atoms with Crippen LogP contribution in [0.5, 0.6) is 5.75 Å². The molecule has 0 saturated carbocycles. The summed E-state index contributed by atoms with van der Waals surface area (Å²) in [7, 11) is 0. The van der Waals surface area contributed by atoms with Crippen LogP contribution in [0, 0.1) is 0 Å². The van der Waals surface area contributed by atoms with Gasteiger partial charge < -0.3 is 15.4 Å². The molecule has 3 nitrogen and oxygen atoms in total. The van der Waals surface area contributed by atoms with E-state index in [1.54, 1.807) is 11.3 Å². The molecule has 0 amide bonds. The smallest absolute Gasteiger partial charge is 0.142 e. The maximum absolute atomic E-state index is 5.94. The molecular formula is C14H15BrN2OS. The van der Waals surface area contributed by atoms with E-state index >= 15 is 0 Å². The maximum atomic E-state index is 5.94. The summed E-state index contributed by atoms with van der Waals surface area (Å²) < 4.78 is 7.10. The molecule has 100 valence electrons. The molecule has 1 aliphatic rings. The Morgan fingerprint density at radius 2 is 2.32 bits per heavy atom. The fraction of sp³-hybridized carbons (Fsp3) is 0.286. The summed E-state index contributed by atoms with van der Waals surface area (Å²) in [5.41, 5.74) is 1.08. The first-order valence-corrected chi connectivity index (χ1v) is 7.92. The third kappa shape index (κ3) is 3.29. The number of anilines is 1. The van der Waals surface area contributed by atoms with E-state index in [9.17, 15) is 0 Å². The molecule has 0 spiro atoms. The molecule has 0 radical (unpaired) electrons. The van der Waals surface area contributed by atoms with Crippen LogP contribution in [0.4, 0.5) is 5.69 Å². The van der Waals surface area contributed by atoms with Gasteiger partial charge in [0.15, 0.2) is 0 Å². The van der Waals surface area contributed by atoms with Gasteiger partial charge in [-0.2, -0.15) is 0 Å². The predicted molar refractivity (Wildman–Crippen MR) is 83.1 cm³/mol. The van der Waals surface area contributed by atoms with E-state index in [2.05, 4.69) is 38.0 Å². The van der Waals surface area contributed by atoms with Gasteiger partial charge in [0.2, 0.25) is 0 Å². The Morgan fingerprint density at radius 3 is 3.16 bits per heavy atom. The molecule has 3 rings (SSSR count). The van der Waals surface area contributed by atoms with Gasteiger partial charge in [-0.05, 0) is 34.1 Å². The molecule has 0 bridgehead atoms. The monoisotopic (exact) mass is 338 g/mol. The predicted octanol–water partition coefficient (Wildman–Crippen LogP) is 3.47. The number of para-hydroxylation sites is 2. The Bertz CT molecular complexity index is 558. The number of nitrogens with one attached hydrogen (secondary N) is 2. The van der Waals surface area contributed by atoms with Gasteiger partial charge >= 0.3 is 0 Å². The minimum Gasteiger partial charge on any atom is -0.485 e. The molecule has 1 aromatic carbocycles. The minimum absolute atomic E-state index is 0.179. The third-order valence-electron chi connectivity index (χ3n) is 2.99. The molecular weight excluding hydrogens is 324 g/mol. The highest BCUT2D eigenvalue weighted by molar-refractivity contribution is 9.10. The van der Waals surface area contributed by atoms with E-state index in [0.717, 1.165) is 35.5 Å². The molecule has 2 heterocycles. The highest BCUT2D eigenvalue weighted by Crippen LogP contribution is 2.28. The van der Waals surface area contributed by atoms with E-state index in [-0.39, 0.29) is 6.10 Å². The van der Waals surface area contributed by atoms with E-state index in [1.807, 2.05) is 24.3 Å². The lowest BCUT2D eigenvalue weighted by atomic mass is 10.2. The summed E-state index contributed by atoms with van der Waals surface area (Å²) in [6.07, 6.45) is 0.179. The highest BCUT2D eigenvalue weighted by Gasteiger charge is 2.18. The van der Waals surface area contributed by atoms with Crippen LogP contribution in [0.3, 0.4) is 0 Å². The lowest BCUT2D eigenvalue weighted by Gasteiger charge is -2.27. The number of benzene rings is 1. The van der Waals surface area contributed by atoms with Crippen LogP contribution < -0.4 is 15.4 Å². The Kier molecular flexibility index (Phi) is 4.06. The molecule has 1 aromatic heterocycles. The van der Waals surface area contributed by atoms with Crippen molar-refractivity contribution in [3.05, 3.63) is 45.1 Å². The molecule has 0 fully saturated rings. The van der Waals surface area contributed by atoms with Crippen molar-refractivity contribution in [1.82, 2.24) is 5.32 Å². The molecule has 2 N–H and O–H groups in total. The van der Waals surface area contributed by atoms with Crippen LogP contribution in [0.25, 0.3) is 0 Å². The summed E-state index contributed by atoms with van der Waals surface area (Å²) in [6, 6.07) is 10.2. The second kappa shape index (κ2) is 5.94. The topological polar surface area (TPSA) is 33.3 Å². The molecule has 5 heteroatoms. The van der Waals surface area contributed by atoms with E-state index in [4.69, 9.17) is 4.74 Å². The molecule has 1 atom stereocenters. The number of ether oxygens (including phenoxy) is 1. The minimum atomic E-state index is 0.179. The van der Waals surface area contributed by atoms with E-state index < -0.39 is 0 Å². The Labute approximate surface area is 125 Å². The van der Waals surface area contributed by atoms with Gasteiger partial charge in [-0.1, -0.05) is 12.1 Å². The Balaban J connectivity index is 1.50. The summed E-state index contributed by atoms with van der Waals surface area (Å²) in [4.78, 5) is 1.33. The van der Waals surface area contributed by atoms with Gasteiger partial charge in [0.05, 0.1) is 12.2 Å². The molecule has 0 saturated heterocycles. The second-order valence-corrected chi connectivity index (χ2v) is 6.39. The quantitative estimate of drug-likeness (QED) is 0.895. The first kappa shape index (κ1) is 13.0. The number of hydrogen-bond acceptors (Lipinski definition) is 4. The maximum Gasteiger partial charge on any atom is 0.142 e. The zero-order chi connectivity index (χ0) is 13.1. The summed E-state index contributed by atoms with van der Waals surface area (Å²) in [6.45, 7) is 2.58. The van der Waals surface area contributed by atoms with Crippen LogP contribution in [0.2, 0.25) is 0 Å². The van der Waals surface area contributed by atoms with Crippen molar-refractivity contribution in [2.24, 2.45) is 0 Å².